The summed E-state index contributed by atoms with van der Waals surface area (Å²) in [4.78, 5) is 23.2. The molecule has 140 valence electrons. The maximum Gasteiger partial charge on any atom is 0.305 e. The fourth-order valence-electron chi connectivity index (χ4n) is 2.41. The third-order valence-electron chi connectivity index (χ3n) is 3.38. The average Bonchev–Trinajstić information content (AvgIpc) is 2.46. The first-order valence-corrected chi connectivity index (χ1v) is 9.20. The van der Waals surface area contributed by atoms with Crippen LogP contribution in [0.4, 0.5) is 0 Å². The second kappa shape index (κ2) is 8.93. The van der Waals surface area contributed by atoms with Crippen LogP contribution in [0.15, 0.2) is 29.2 Å². The van der Waals surface area contributed by atoms with Crippen molar-refractivity contribution < 1.29 is 27.9 Å². The number of nitrogens with one attached hydrogen (secondary N) is 2. The Hall–Kier alpha value is -1.97. The zero-order chi connectivity index (χ0) is 19.1. The summed E-state index contributed by atoms with van der Waals surface area (Å²) in [7, 11) is -2.11. The molecule has 3 N–H and O–H groups in total. The van der Waals surface area contributed by atoms with Gasteiger partial charge in [-0.15, -0.1) is 0 Å². The van der Waals surface area contributed by atoms with E-state index in [-0.39, 0.29) is 36.8 Å². The van der Waals surface area contributed by atoms with Gasteiger partial charge in [0, 0.05) is 13.7 Å². The van der Waals surface area contributed by atoms with Crippen molar-refractivity contribution in [2.75, 3.05) is 20.3 Å². The first-order valence-electron chi connectivity index (χ1n) is 7.72. The van der Waals surface area contributed by atoms with Crippen molar-refractivity contribution in [2.45, 2.75) is 37.1 Å². The Morgan fingerprint density at radius 2 is 1.84 bits per heavy atom. The molecule has 0 saturated heterocycles. The highest BCUT2D eigenvalue weighted by Crippen LogP contribution is 2.13. The van der Waals surface area contributed by atoms with Crippen molar-refractivity contribution in [3.05, 3.63) is 29.8 Å². The number of sulfonamides is 1. The quantitative estimate of drug-likeness (QED) is 0.550. The number of methoxy groups -OCH3 is 1. The van der Waals surface area contributed by atoms with E-state index in [0.717, 1.165) is 0 Å². The van der Waals surface area contributed by atoms with Crippen molar-refractivity contribution >= 4 is 21.9 Å². The van der Waals surface area contributed by atoms with Crippen LogP contribution in [0.2, 0.25) is 0 Å². The van der Waals surface area contributed by atoms with E-state index in [1.54, 1.807) is 26.0 Å². The number of amides is 1. The molecule has 0 spiro atoms. The van der Waals surface area contributed by atoms with Crippen LogP contribution in [0.3, 0.4) is 0 Å². The van der Waals surface area contributed by atoms with Gasteiger partial charge in [0.2, 0.25) is 15.9 Å². The molecule has 9 heteroatoms. The molecule has 8 nitrogen and oxygen atoms in total. The standard InChI is InChI=1S/C16H24N2O6S/c1-4-17-25(22,23)13-7-5-12(6-8-13)9-14(19)18-16(2,11-24-3)10-15(20)21/h5-8,17H,4,9-11H2,1-3H3,(H,18,19)(H,20,21). The van der Waals surface area contributed by atoms with E-state index in [1.807, 2.05) is 0 Å². The van der Waals surface area contributed by atoms with Gasteiger partial charge in [0.15, 0.2) is 0 Å². The monoisotopic (exact) mass is 372 g/mol. The van der Waals surface area contributed by atoms with Gasteiger partial charge in [0.25, 0.3) is 0 Å². The number of carbonyl (C=O) groups is 2. The van der Waals surface area contributed by atoms with E-state index in [9.17, 15) is 18.0 Å². The predicted octanol–water partition coefficient (Wildman–Crippen LogP) is 0.523. The molecule has 1 rings (SSSR count). The lowest BCUT2D eigenvalue weighted by Crippen LogP contribution is -2.51. The zero-order valence-electron chi connectivity index (χ0n) is 14.5. The molecule has 0 aliphatic carbocycles. The molecule has 0 aliphatic rings. The highest BCUT2D eigenvalue weighted by Gasteiger charge is 2.29. The maximum atomic E-state index is 12.2. The Kier molecular flexibility index (Phi) is 7.53. The van der Waals surface area contributed by atoms with Crippen molar-refractivity contribution in [3.63, 3.8) is 0 Å². The van der Waals surface area contributed by atoms with Gasteiger partial charge in [-0.2, -0.15) is 0 Å². The number of ether oxygens (including phenoxy) is 1. The van der Waals surface area contributed by atoms with Crippen LogP contribution in [-0.2, 0) is 30.8 Å². The number of rotatable bonds is 10. The Balaban J connectivity index is 2.78. The molecule has 0 aromatic heterocycles. The Morgan fingerprint density at radius 3 is 2.32 bits per heavy atom. The van der Waals surface area contributed by atoms with Gasteiger partial charge in [0.05, 0.1) is 29.9 Å². The lowest BCUT2D eigenvalue weighted by atomic mass is 9.98. The number of carboxylic acid groups (broad SMARTS) is 1. The largest absolute Gasteiger partial charge is 0.481 e. The molecule has 25 heavy (non-hydrogen) atoms. The smallest absolute Gasteiger partial charge is 0.305 e. The van der Waals surface area contributed by atoms with Gasteiger partial charge >= 0.3 is 5.97 Å². The predicted molar refractivity (Wildman–Crippen MR) is 91.7 cm³/mol. The minimum atomic E-state index is -3.54. The van der Waals surface area contributed by atoms with Gasteiger partial charge in [0.1, 0.15) is 0 Å². The number of hydrogen-bond donors (Lipinski definition) is 3. The first-order chi connectivity index (χ1) is 11.6. The fourth-order valence-corrected chi connectivity index (χ4v) is 3.45. The van der Waals surface area contributed by atoms with Gasteiger partial charge in [-0.05, 0) is 24.6 Å². The normalized spacial score (nSPS) is 13.9. The number of carboxylic acids is 1. The van der Waals surface area contributed by atoms with Crippen LogP contribution in [0.1, 0.15) is 25.8 Å². The summed E-state index contributed by atoms with van der Waals surface area (Å²) in [5, 5.41) is 11.6. The van der Waals surface area contributed by atoms with Crippen LogP contribution in [0.25, 0.3) is 0 Å². The Morgan fingerprint density at radius 1 is 1.24 bits per heavy atom. The molecule has 0 heterocycles. The van der Waals surface area contributed by atoms with Crippen LogP contribution in [-0.4, -0.2) is 51.2 Å². The Labute approximate surface area is 147 Å². The minimum Gasteiger partial charge on any atom is -0.481 e. The summed E-state index contributed by atoms with van der Waals surface area (Å²) >= 11 is 0. The molecule has 1 atom stereocenters. The first kappa shape index (κ1) is 21.1. The van der Waals surface area contributed by atoms with Crippen molar-refractivity contribution in [3.8, 4) is 0 Å². The second-order valence-corrected chi connectivity index (χ2v) is 7.70. The van der Waals surface area contributed by atoms with Crippen molar-refractivity contribution in [1.82, 2.24) is 10.0 Å². The van der Waals surface area contributed by atoms with Gasteiger partial charge < -0.3 is 15.2 Å². The van der Waals surface area contributed by atoms with Crippen LogP contribution < -0.4 is 10.0 Å². The van der Waals surface area contributed by atoms with E-state index < -0.39 is 21.5 Å². The third kappa shape index (κ3) is 6.81. The van der Waals surface area contributed by atoms with E-state index >= 15 is 0 Å². The SMILES string of the molecule is CCNS(=O)(=O)c1ccc(CC(=O)NC(C)(COC)CC(=O)O)cc1. The number of carbonyl (C=O) groups excluding carboxylic acids is 1. The lowest BCUT2D eigenvalue weighted by Gasteiger charge is -2.28. The molecule has 1 aromatic rings. The van der Waals surface area contributed by atoms with Crippen molar-refractivity contribution in [2.24, 2.45) is 0 Å². The average molecular weight is 372 g/mol. The molecule has 0 radical (unpaired) electrons. The van der Waals surface area contributed by atoms with Crippen LogP contribution in [0.5, 0.6) is 0 Å². The molecule has 0 bridgehead atoms. The van der Waals surface area contributed by atoms with E-state index in [4.69, 9.17) is 9.84 Å². The van der Waals surface area contributed by atoms with E-state index in [1.165, 1.54) is 19.2 Å². The third-order valence-corrected chi connectivity index (χ3v) is 4.94. The number of aliphatic carboxylic acids is 1. The number of benzene rings is 1. The lowest BCUT2D eigenvalue weighted by molar-refractivity contribution is -0.139. The van der Waals surface area contributed by atoms with Crippen LogP contribution in [0, 0.1) is 0 Å². The van der Waals surface area contributed by atoms with Crippen molar-refractivity contribution in [1.29, 1.82) is 0 Å². The summed E-state index contributed by atoms with van der Waals surface area (Å²) < 4.78 is 31.1. The maximum absolute atomic E-state index is 12.2. The second-order valence-electron chi connectivity index (χ2n) is 5.93. The highest BCUT2D eigenvalue weighted by atomic mass is 32.2. The van der Waals surface area contributed by atoms with Gasteiger partial charge in [-0.1, -0.05) is 19.1 Å². The molecule has 0 saturated carbocycles. The van der Waals surface area contributed by atoms with E-state index in [0.29, 0.717) is 5.56 Å². The molecular formula is C16H24N2O6S. The summed E-state index contributed by atoms with van der Waals surface area (Å²) in [6, 6.07) is 5.95. The number of hydrogen-bond acceptors (Lipinski definition) is 5. The highest BCUT2D eigenvalue weighted by molar-refractivity contribution is 7.89. The molecule has 1 amide bonds. The topological polar surface area (TPSA) is 122 Å². The summed E-state index contributed by atoms with van der Waals surface area (Å²) in [5.74, 6) is -1.42. The van der Waals surface area contributed by atoms with E-state index in [2.05, 4.69) is 10.0 Å². The Bertz CT molecular complexity index is 702. The molecule has 1 unspecified atom stereocenters. The zero-order valence-corrected chi connectivity index (χ0v) is 15.4. The molecule has 0 fully saturated rings. The summed E-state index contributed by atoms with van der Waals surface area (Å²) in [6.07, 6.45) is -0.271. The molecule has 0 aliphatic heterocycles. The van der Waals surface area contributed by atoms with Crippen LogP contribution >= 0.6 is 0 Å². The fraction of sp³-hybridized carbons (Fsp3) is 0.500. The molecule has 1 aromatic carbocycles. The van der Waals surface area contributed by atoms with Gasteiger partial charge in [-0.3, -0.25) is 9.59 Å². The van der Waals surface area contributed by atoms with Gasteiger partial charge in [-0.25, -0.2) is 13.1 Å². The summed E-state index contributed by atoms with van der Waals surface area (Å²) in [6.45, 7) is 3.62. The molecular weight excluding hydrogens is 348 g/mol. The minimum absolute atomic E-state index is 0.000454. The summed E-state index contributed by atoms with van der Waals surface area (Å²) in [5.41, 5.74) is -0.408.